The van der Waals surface area contributed by atoms with Gasteiger partial charge in [-0.25, -0.2) is 4.98 Å². The van der Waals surface area contributed by atoms with E-state index >= 15 is 0 Å². The number of nitrogens with two attached hydrogens (primary N) is 2. The molecular weight excluding hydrogens is 240 g/mol. The van der Waals surface area contributed by atoms with Crippen molar-refractivity contribution in [2.24, 2.45) is 11.5 Å². The minimum Gasteiger partial charge on any atom is -0.368 e. The van der Waals surface area contributed by atoms with E-state index in [-0.39, 0.29) is 12.5 Å². The van der Waals surface area contributed by atoms with E-state index < -0.39 is 0 Å². The van der Waals surface area contributed by atoms with Gasteiger partial charge >= 0.3 is 0 Å². The molecule has 0 radical (unpaired) electrons. The molecule has 100 valence electrons. The molecule has 19 heavy (non-hydrogen) atoms. The van der Waals surface area contributed by atoms with E-state index in [9.17, 15) is 4.79 Å². The number of amides is 1. The molecule has 0 fully saturated rings. The zero-order chi connectivity index (χ0) is 13.8. The Labute approximate surface area is 112 Å². The lowest BCUT2D eigenvalue weighted by atomic mass is 10.1. The van der Waals surface area contributed by atoms with Gasteiger partial charge < -0.3 is 16.4 Å². The van der Waals surface area contributed by atoms with Gasteiger partial charge in [-0.15, -0.1) is 0 Å². The Kier molecular flexibility index (Phi) is 3.97. The van der Waals surface area contributed by atoms with Crippen molar-refractivity contribution in [2.45, 2.75) is 13.5 Å². The number of benzene rings is 1. The van der Waals surface area contributed by atoms with Gasteiger partial charge in [0, 0.05) is 24.0 Å². The molecule has 1 aromatic carbocycles. The molecule has 0 saturated carbocycles. The van der Waals surface area contributed by atoms with Gasteiger partial charge in [0.05, 0.1) is 12.1 Å². The number of hydrogen-bond acceptors (Lipinski definition) is 4. The van der Waals surface area contributed by atoms with Crippen LogP contribution in [0.4, 0.5) is 5.82 Å². The second kappa shape index (κ2) is 5.67. The molecule has 2 aromatic rings. The van der Waals surface area contributed by atoms with Gasteiger partial charge in [-0.05, 0) is 19.1 Å². The maximum absolute atomic E-state index is 11.1. The molecule has 0 atom stereocenters. The lowest BCUT2D eigenvalue weighted by molar-refractivity contribution is -0.116. The highest BCUT2D eigenvalue weighted by Gasteiger charge is 2.14. The van der Waals surface area contributed by atoms with Gasteiger partial charge in [0.15, 0.2) is 0 Å². The smallest absolute Gasteiger partial charge is 0.236 e. The summed E-state index contributed by atoms with van der Waals surface area (Å²) in [6, 6.07) is 9.85. The molecule has 0 unspecified atom stereocenters. The maximum Gasteiger partial charge on any atom is 0.236 e. The van der Waals surface area contributed by atoms with Crippen LogP contribution in [0.25, 0.3) is 10.9 Å². The van der Waals surface area contributed by atoms with Crippen LogP contribution >= 0.6 is 0 Å². The van der Waals surface area contributed by atoms with Crippen molar-refractivity contribution in [1.29, 1.82) is 0 Å². The van der Waals surface area contributed by atoms with Crippen molar-refractivity contribution >= 4 is 22.6 Å². The summed E-state index contributed by atoms with van der Waals surface area (Å²) in [6.07, 6.45) is 0. The van der Waals surface area contributed by atoms with Gasteiger partial charge in [-0.1, -0.05) is 18.2 Å². The lowest BCUT2D eigenvalue weighted by Gasteiger charge is -2.23. The summed E-state index contributed by atoms with van der Waals surface area (Å²) < 4.78 is 0. The number of likely N-dealkylation sites (N-methyl/N-ethyl adjacent to an activating group) is 1. The summed E-state index contributed by atoms with van der Waals surface area (Å²) in [5.41, 5.74) is 12.9. The summed E-state index contributed by atoms with van der Waals surface area (Å²) in [4.78, 5) is 17.6. The first kappa shape index (κ1) is 13.3. The molecular formula is C14H18N4O. The number of fused-ring (bicyclic) bond motifs is 1. The normalized spacial score (nSPS) is 10.6. The molecule has 4 N–H and O–H groups in total. The number of nitrogens with zero attached hydrogens (tertiary/aromatic N) is 2. The monoisotopic (exact) mass is 258 g/mol. The molecule has 2 rings (SSSR count). The fourth-order valence-corrected chi connectivity index (χ4v) is 2.10. The second-order valence-electron chi connectivity index (χ2n) is 4.35. The molecule has 0 spiro atoms. The molecule has 1 aromatic heterocycles. The first-order chi connectivity index (χ1) is 9.15. The number of carbonyl (C=O) groups excluding carboxylic acids is 1. The molecule has 5 heteroatoms. The second-order valence-corrected chi connectivity index (χ2v) is 4.35. The van der Waals surface area contributed by atoms with E-state index in [0.29, 0.717) is 13.1 Å². The Morgan fingerprint density at radius 1 is 1.37 bits per heavy atom. The summed E-state index contributed by atoms with van der Waals surface area (Å²) in [6.45, 7) is 3.14. The predicted octanol–water partition coefficient (Wildman–Crippen LogP) is 1.01. The van der Waals surface area contributed by atoms with Crippen LogP contribution in [0.15, 0.2) is 30.3 Å². The van der Waals surface area contributed by atoms with Gasteiger partial charge in [0.2, 0.25) is 5.91 Å². The highest BCUT2D eigenvalue weighted by atomic mass is 16.1. The average Bonchev–Trinajstić information content (AvgIpc) is 2.43. The van der Waals surface area contributed by atoms with E-state index in [2.05, 4.69) is 4.98 Å². The van der Waals surface area contributed by atoms with Gasteiger partial charge in [-0.2, -0.15) is 0 Å². The molecule has 0 bridgehead atoms. The largest absolute Gasteiger partial charge is 0.368 e. The van der Waals surface area contributed by atoms with Crippen LogP contribution in [0.2, 0.25) is 0 Å². The highest BCUT2D eigenvalue weighted by molar-refractivity contribution is 5.84. The summed E-state index contributed by atoms with van der Waals surface area (Å²) in [5, 5.41) is 1.04. The van der Waals surface area contributed by atoms with Gasteiger partial charge in [0.25, 0.3) is 0 Å². The highest BCUT2D eigenvalue weighted by Crippen LogP contribution is 2.23. The predicted molar refractivity (Wildman–Crippen MR) is 76.7 cm³/mol. The Hall–Kier alpha value is -2.14. The van der Waals surface area contributed by atoms with Crippen molar-refractivity contribution in [3.05, 3.63) is 35.9 Å². The molecule has 0 aliphatic carbocycles. The van der Waals surface area contributed by atoms with Crippen molar-refractivity contribution < 1.29 is 4.79 Å². The number of aromatic nitrogens is 1. The molecule has 1 heterocycles. The SMILES string of the molecule is CCN(CC(N)=O)c1nc2ccccc2cc1CN. The number of pyridine rings is 1. The quantitative estimate of drug-likeness (QED) is 0.838. The first-order valence-corrected chi connectivity index (χ1v) is 6.27. The Morgan fingerprint density at radius 2 is 2.11 bits per heavy atom. The Morgan fingerprint density at radius 3 is 2.74 bits per heavy atom. The number of anilines is 1. The summed E-state index contributed by atoms with van der Waals surface area (Å²) in [7, 11) is 0. The van der Waals surface area contributed by atoms with Gasteiger partial charge in [-0.3, -0.25) is 4.79 Å². The van der Waals surface area contributed by atoms with Crippen LogP contribution in [-0.4, -0.2) is 24.0 Å². The minimum atomic E-state index is -0.375. The Balaban J connectivity index is 2.53. The van der Waals surface area contributed by atoms with Crippen LogP contribution in [0, 0.1) is 0 Å². The third kappa shape index (κ3) is 2.82. The van der Waals surface area contributed by atoms with Crippen molar-refractivity contribution in [1.82, 2.24) is 4.98 Å². The van der Waals surface area contributed by atoms with Crippen LogP contribution in [0.5, 0.6) is 0 Å². The molecule has 1 amide bonds. The van der Waals surface area contributed by atoms with E-state index in [4.69, 9.17) is 11.5 Å². The van der Waals surface area contributed by atoms with E-state index in [0.717, 1.165) is 22.3 Å². The number of rotatable bonds is 5. The molecule has 5 nitrogen and oxygen atoms in total. The fraction of sp³-hybridized carbons (Fsp3) is 0.286. The number of carbonyl (C=O) groups is 1. The third-order valence-electron chi connectivity index (χ3n) is 3.03. The standard InChI is InChI=1S/C14H18N4O/c1-2-18(9-13(16)19)14-11(8-15)7-10-5-3-4-6-12(10)17-14/h3-7H,2,8-9,15H2,1H3,(H2,16,19). The number of hydrogen-bond donors (Lipinski definition) is 2. The topological polar surface area (TPSA) is 85.2 Å². The summed E-state index contributed by atoms with van der Waals surface area (Å²) in [5.74, 6) is 0.363. The fourth-order valence-electron chi connectivity index (χ4n) is 2.10. The molecule has 0 aliphatic rings. The zero-order valence-corrected chi connectivity index (χ0v) is 11.0. The maximum atomic E-state index is 11.1. The van der Waals surface area contributed by atoms with Crippen LogP contribution in [0.1, 0.15) is 12.5 Å². The number of primary amides is 1. The third-order valence-corrected chi connectivity index (χ3v) is 3.03. The first-order valence-electron chi connectivity index (χ1n) is 6.27. The van der Waals surface area contributed by atoms with Crippen LogP contribution in [0.3, 0.4) is 0 Å². The molecule has 0 aliphatic heterocycles. The zero-order valence-electron chi connectivity index (χ0n) is 11.0. The van der Waals surface area contributed by atoms with Crippen molar-refractivity contribution in [2.75, 3.05) is 18.0 Å². The Bertz CT molecular complexity index is 597. The van der Waals surface area contributed by atoms with E-state index in [1.807, 2.05) is 42.2 Å². The van der Waals surface area contributed by atoms with Crippen molar-refractivity contribution in [3.63, 3.8) is 0 Å². The number of para-hydroxylation sites is 1. The van der Waals surface area contributed by atoms with Crippen molar-refractivity contribution in [3.8, 4) is 0 Å². The van der Waals surface area contributed by atoms with E-state index in [1.54, 1.807) is 0 Å². The minimum absolute atomic E-state index is 0.148. The van der Waals surface area contributed by atoms with Crippen LogP contribution in [-0.2, 0) is 11.3 Å². The average molecular weight is 258 g/mol. The molecule has 0 saturated heterocycles. The lowest BCUT2D eigenvalue weighted by Crippen LogP contribution is -2.35. The van der Waals surface area contributed by atoms with Gasteiger partial charge in [0.1, 0.15) is 5.82 Å². The van der Waals surface area contributed by atoms with E-state index in [1.165, 1.54) is 0 Å². The van der Waals surface area contributed by atoms with Crippen LogP contribution < -0.4 is 16.4 Å². The summed E-state index contributed by atoms with van der Waals surface area (Å²) >= 11 is 0.